The fourth-order valence-corrected chi connectivity index (χ4v) is 5.33. The van der Waals surface area contributed by atoms with Gasteiger partial charge in [0.15, 0.2) is 22.8 Å². The van der Waals surface area contributed by atoms with E-state index in [9.17, 15) is 22.4 Å². The normalized spacial score (nSPS) is 20.5. The van der Waals surface area contributed by atoms with Crippen LogP contribution in [-0.2, 0) is 5.54 Å². The summed E-state index contributed by atoms with van der Waals surface area (Å²) in [6, 6.07) is 10.0. The molecule has 0 radical (unpaired) electrons. The van der Waals surface area contributed by atoms with Crippen LogP contribution in [0, 0.1) is 11.7 Å². The molecule has 0 spiro atoms. The zero-order valence-electron chi connectivity index (χ0n) is 22.6. The van der Waals surface area contributed by atoms with Crippen molar-refractivity contribution in [1.29, 1.82) is 0 Å². The molecule has 1 aromatic heterocycles. The Hall–Kier alpha value is -3.57. The lowest BCUT2D eigenvalue weighted by atomic mass is 9.88. The fourth-order valence-electron chi connectivity index (χ4n) is 5.15. The van der Waals surface area contributed by atoms with E-state index < -0.39 is 30.1 Å². The number of carbonyl (C=O) groups is 1. The van der Waals surface area contributed by atoms with Crippen molar-refractivity contribution in [2.45, 2.75) is 49.4 Å². The summed E-state index contributed by atoms with van der Waals surface area (Å²) in [5, 5.41) is 2.69. The molecule has 2 aromatic carbocycles. The molecule has 6 rings (SSSR count). The molecule has 3 N–H and O–H groups in total. The molecule has 0 bridgehead atoms. The summed E-state index contributed by atoms with van der Waals surface area (Å²) in [5.41, 5.74) is 3.93. The van der Waals surface area contributed by atoms with Crippen LogP contribution in [0.5, 0.6) is 17.2 Å². The van der Waals surface area contributed by atoms with Crippen LogP contribution in [0.1, 0.15) is 53.2 Å². The number of methoxy groups -OCH3 is 1. The molecule has 0 saturated heterocycles. The lowest BCUT2D eigenvalue weighted by molar-refractivity contribution is -0.191. The van der Waals surface area contributed by atoms with Gasteiger partial charge in [0.25, 0.3) is 5.91 Å². The second-order valence-electron chi connectivity index (χ2n) is 11.0. The van der Waals surface area contributed by atoms with Crippen LogP contribution in [0.15, 0.2) is 42.5 Å². The van der Waals surface area contributed by atoms with Crippen LogP contribution in [0.25, 0.3) is 11.3 Å². The highest BCUT2D eigenvalue weighted by Gasteiger charge is 2.59. The number of ether oxygens (including phenoxy) is 3. The average molecular weight is 606 g/mol. The Morgan fingerprint density at radius 3 is 2.57 bits per heavy atom. The number of fused-ring (bicyclic) bond motifs is 1. The molecule has 3 aromatic rings. The zero-order valence-corrected chi connectivity index (χ0v) is 23.3. The van der Waals surface area contributed by atoms with Gasteiger partial charge in [0.1, 0.15) is 18.1 Å². The van der Waals surface area contributed by atoms with Crippen LogP contribution < -0.4 is 25.3 Å². The molecule has 2 atom stereocenters. The lowest BCUT2D eigenvalue weighted by Gasteiger charge is -2.27. The molecular weight excluding hydrogens is 578 g/mol. The summed E-state index contributed by atoms with van der Waals surface area (Å²) in [5.74, 6) is -0.519. The number of hydrogen-bond acceptors (Lipinski definition) is 6. The van der Waals surface area contributed by atoms with Crippen molar-refractivity contribution in [3.63, 3.8) is 0 Å². The summed E-state index contributed by atoms with van der Waals surface area (Å²) < 4.78 is 73.3. The monoisotopic (exact) mass is 605 g/mol. The molecule has 12 heteroatoms. The van der Waals surface area contributed by atoms with Gasteiger partial charge in [0, 0.05) is 34.8 Å². The third-order valence-corrected chi connectivity index (χ3v) is 8.20. The van der Waals surface area contributed by atoms with Crippen LogP contribution >= 0.6 is 11.6 Å². The molecule has 1 amide bonds. The van der Waals surface area contributed by atoms with Gasteiger partial charge in [-0.1, -0.05) is 11.6 Å². The largest absolute Gasteiger partial charge is 0.493 e. The third kappa shape index (κ3) is 5.35. The number of nitrogens with one attached hydrogen (secondary N) is 1. The molecule has 2 heterocycles. The predicted molar refractivity (Wildman–Crippen MR) is 146 cm³/mol. The molecule has 3 aliphatic rings. The molecular formula is C30H28ClF4N3O4. The summed E-state index contributed by atoms with van der Waals surface area (Å²) in [4.78, 5) is 17.9. The number of rotatable bonds is 9. The number of aromatic nitrogens is 1. The highest BCUT2D eigenvalue weighted by atomic mass is 35.5. The van der Waals surface area contributed by atoms with E-state index in [0.717, 1.165) is 31.7 Å². The van der Waals surface area contributed by atoms with Gasteiger partial charge in [-0.25, -0.2) is 9.37 Å². The number of nitrogens with two attached hydrogens (primary N) is 1. The first-order chi connectivity index (χ1) is 20.0. The van der Waals surface area contributed by atoms with Crippen molar-refractivity contribution in [2.75, 3.05) is 20.3 Å². The summed E-state index contributed by atoms with van der Waals surface area (Å²) in [6.45, 7) is -0.710. The van der Waals surface area contributed by atoms with E-state index in [4.69, 9.17) is 36.5 Å². The minimum Gasteiger partial charge on any atom is -0.493 e. The number of carbonyl (C=O) groups excluding carboxylic acids is 1. The van der Waals surface area contributed by atoms with Crippen LogP contribution in [0.3, 0.4) is 0 Å². The van der Waals surface area contributed by atoms with E-state index in [-0.39, 0.29) is 52.1 Å². The maximum Gasteiger partial charge on any atom is 0.414 e. The summed E-state index contributed by atoms with van der Waals surface area (Å²) in [6.07, 6.45) is -1.07. The Bertz CT molecular complexity index is 1540. The zero-order chi connectivity index (χ0) is 29.8. The molecule has 0 unspecified atom stereocenters. The maximum absolute atomic E-state index is 14.2. The van der Waals surface area contributed by atoms with Gasteiger partial charge in [0.2, 0.25) is 0 Å². The summed E-state index contributed by atoms with van der Waals surface area (Å²) >= 11 is 6.00. The third-order valence-electron chi connectivity index (χ3n) is 7.91. The Kier molecular flexibility index (Phi) is 7.21. The Labute approximate surface area is 244 Å². The molecule has 2 aliphatic carbocycles. The van der Waals surface area contributed by atoms with E-state index in [1.54, 1.807) is 18.2 Å². The predicted octanol–water partition coefficient (Wildman–Crippen LogP) is 6.12. The smallest absolute Gasteiger partial charge is 0.414 e. The van der Waals surface area contributed by atoms with E-state index >= 15 is 0 Å². The molecule has 1 aliphatic heterocycles. The van der Waals surface area contributed by atoms with E-state index in [0.29, 0.717) is 22.8 Å². The first kappa shape index (κ1) is 28.5. The number of pyridine rings is 1. The average Bonchev–Trinajstić information content (AvgIpc) is 3.90. The Morgan fingerprint density at radius 2 is 1.93 bits per heavy atom. The van der Waals surface area contributed by atoms with Gasteiger partial charge in [0.05, 0.1) is 18.2 Å². The van der Waals surface area contributed by atoms with Crippen molar-refractivity contribution >= 4 is 17.5 Å². The van der Waals surface area contributed by atoms with Crippen LogP contribution in [0.4, 0.5) is 17.6 Å². The second kappa shape index (κ2) is 10.6. The van der Waals surface area contributed by atoms with Crippen molar-refractivity contribution in [3.05, 3.63) is 70.1 Å². The van der Waals surface area contributed by atoms with E-state index in [1.807, 2.05) is 0 Å². The maximum atomic E-state index is 14.2. The molecule has 2 fully saturated rings. The summed E-state index contributed by atoms with van der Waals surface area (Å²) in [7, 11) is 1.49. The number of nitrogens with zero attached hydrogens (tertiary/aromatic N) is 1. The van der Waals surface area contributed by atoms with Gasteiger partial charge in [-0.3, -0.25) is 4.79 Å². The highest BCUT2D eigenvalue weighted by Crippen LogP contribution is 2.51. The van der Waals surface area contributed by atoms with E-state index in [2.05, 4.69) is 5.32 Å². The van der Waals surface area contributed by atoms with Gasteiger partial charge < -0.3 is 25.3 Å². The van der Waals surface area contributed by atoms with Crippen molar-refractivity contribution in [3.8, 4) is 28.5 Å². The number of benzene rings is 2. The van der Waals surface area contributed by atoms with Crippen LogP contribution in [-0.4, -0.2) is 43.4 Å². The topological polar surface area (TPSA) is 95.7 Å². The second-order valence-corrected chi connectivity index (χ2v) is 11.4. The number of alkyl halides is 3. The van der Waals surface area contributed by atoms with Crippen molar-refractivity contribution in [1.82, 2.24) is 10.3 Å². The highest BCUT2D eigenvalue weighted by molar-refractivity contribution is 6.31. The molecule has 2 saturated carbocycles. The first-order valence-corrected chi connectivity index (χ1v) is 14.0. The molecule has 222 valence electrons. The number of halogens is 5. The molecule has 42 heavy (non-hydrogen) atoms. The SMILES string of the molecule is COc1cc(C(=O)NC[C@H](c2cc3c(c(-c4ccc(F)c(Cl)c4)n2)OC[C@@]3(N)C(F)(F)F)C2CC2)ccc1OC1CC1. The van der Waals surface area contributed by atoms with Gasteiger partial charge in [-0.2, -0.15) is 13.2 Å². The lowest BCUT2D eigenvalue weighted by Crippen LogP contribution is -2.51. The minimum atomic E-state index is -4.81. The van der Waals surface area contributed by atoms with Gasteiger partial charge in [-0.05, 0) is 74.1 Å². The number of amides is 1. The van der Waals surface area contributed by atoms with Crippen LogP contribution in [0.2, 0.25) is 5.02 Å². The van der Waals surface area contributed by atoms with Gasteiger partial charge in [-0.15, -0.1) is 0 Å². The quantitative estimate of drug-likeness (QED) is 0.285. The first-order valence-electron chi connectivity index (χ1n) is 13.6. The van der Waals surface area contributed by atoms with Gasteiger partial charge >= 0.3 is 6.18 Å². The van der Waals surface area contributed by atoms with Crippen molar-refractivity contribution in [2.24, 2.45) is 11.7 Å². The standard InChI is InChI=1S/C30H28ClF4N3O4/c1-40-25-11-17(5-9-24(25)42-18-6-7-18)28(39)37-13-19(15-2-3-15)23-12-20-27(41-14-29(20,36)30(33,34)35)26(38-23)16-4-8-22(32)21(31)10-16/h4-5,8-12,15,18-19H,2-3,6-7,13-14,36H2,1H3,(H,37,39)/t19-,29-/m0/s1. The van der Waals surface area contributed by atoms with E-state index in [1.165, 1.54) is 25.3 Å². The Balaban J connectivity index is 1.33. The fraction of sp³-hybridized carbons (Fsp3) is 0.400. The Morgan fingerprint density at radius 1 is 1.17 bits per heavy atom. The minimum absolute atomic E-state index is 0.0777. The number of hydrogen-bond donors (Lipinski definition) is 2. The molecule has 7 nitrogen and oxygen atoms in total. The van der Waals surface area contributed by atoms with Crippen molar-refractivity contribution < 1.29 is 36.6 Å².